The van der Waals surface area contributed by atoms with Gasteiger partial charge in [-0.3, -0.25) is 0 Å². The van der Waals surface area contributed by atoms with Crippen molar-refractivity contribution in [3.8, 4) is 0 Å². The summed E-state index contributed by atoms with van der Waals surface area (Å²) < 4.78 is 26.0. The van der Waals surface area contributed by atoms with Crippen molar-refractivity contribution in [3.05, 3.63) is 12.0 Å². The van der Waals surface area contributed by atoms with Gasteiger partial charge < -0.3 is 10.7 Å². The molecule has 0 aromatic carbocycles. The molecule has 0 aliphatic rings. The number of nitrogens with zero attached hydrogens (tertiary/aromatic N) is 1. The molecule has 0 fully saturated rings. The number of aryl methyl sites for hydroxylation is 1. The lowest BCUT2D eigenvalue weighted by Gasteiger charge is -2.18. The van der Waals surface area contributed by atoms with Crippen LogP contribution in [0.1, 0.15) is 26.6 Å². The van der Waals surface area contributed by atoms with Crippen LogP contribution in [0, 0.1) is 0 Å². The highest BCUT2D eigenvalue weighted by Crippen LogP contribution is 2.06. The lowest BCUT2D eigenvalue weighted by atomic mass is 10.1. The maximum atomic E-state index is 11.8. The molecular formula is C9H18N4O2S. The molecule has 1 rings (SSSR count). The summed E-state index contributed by atoms with van der Waals surface area (Å²) in [5.41, 5.74) is 5.12. The Morgan fingerprint density at radius 1 is 1.56 bits per heavy atom. The third kappa shape index (κ3) is 3.58. The van der Waals surface area contributed by atoms with Gasteiger partial charge in [0.15, 0.2) is 5.03 Å². The number of aromatic nitrogens is 2. The van der Waals surface area contributed by atoms with E-state index in [0.717, 1.165) is 0 Å². The van der Waals surface area contributed by atoms with Crippen LogP contribution in [-0.2, 0) is 16.4 Å². The molecule has 0 saturated heterocycles. The lowest BCUT2D eigenvalue weighted by molar-refractivity contribution is 0.497. The smallest absolute Gasteiger partial charge is 0.257 e. The number of hydrogen-bond acceptors (Lipinski definition) is 4. The SMILES string of the molecule is CCc1ncc(S(=O)(=O)NCC(C)(C)N)[nH]1. The average molecular weight is 246 g/mol. The Hall–Kier alpha value is -0.920. The minimum absolute atomic E-state index is 0.0774. The van der Waals surface area contributed by atoms with Crippen LogP contribution in [0.3, 0.4) is 0 Å². The Kier molecular flexibility index (Phi) is 3.72. The van der Waals surface area contributed by atoms with E-state index in [0.29, 0.717) is 12.2 Å². The standard InChI is InChI=1S/C9H18N4O2S/c1-4-7-11-5-8(13-7)16(14,15)12-6-9(2,3)10/h5,12H,4,6,10H2,1-3H3,(H,11,13). The van der Waals surface area contributed by atoms with Crippen LogP contribution >= 0.6 is 0 Å². The van der Waals surface area contributed by atoms with Gasteiger partial charge in [-0.25, -0.2) is 18.1 Å². The molecule has 1 aromatic rings. The van der Waals surface area contributed by atoms with Crippen LogP contribution in [-0.4, -0.2) is 30.5 Å². The minimum Gasteiger partial charge on any atom is -0.332 e. The van der Waals surface area contributed by atoms with Crippen molar-refractivity contribution in [1.82, 2.24) is 14.7 Å². The van der Waals surface area contributed by atoms with Crippen molar-refractivity contribution < 1.29 is 8.42 Å². The average Bonchev–Trinajstić information content (AvgIpc) is 2.62. The van der Waals surface area contributed by atoms with Crippen molar-refractivity contribution in [3.63, 3.8) is 0 Å². The Morgan fingerprint density at radius 3 is 2.62 bits per heavy atom. The number of sulfonamides is 1. The molecule has 4 N–H and O–H groups in total. The first kappa shape index (κ1) is 13.1. The Balaban J connectivity index is 2.78. The summed E-state index contributed by atoms with van der Waals surface area (Å²) in [5.74, 6) is 0.646. The molecular weight excluding hydrogens is 228 g/mol. The topological polar surface area (TPSA) is 101 Å². The molecule has 0 atom stereocenters. The second-order valence-electron chi connectivity index (χ2n) is 4.36. The van der Waals surface area contributed by atoms with Gasteiger partial charge in [0, 0.05) is 18.5 Å². The van der Waals surface area contributed by atoms with Crippen LogP contribution in [0.4, 0.5) is 0 Å². The first-order chi connectivity index (χ1) is 7.24. The highest BCUT2D eigenvalue weighted by Gasteiger charge is 2.20. The molecule has 1 heterocycles. The third-order valence-corrected chi connectivity index (χ3v) is 3.26. The number of rotatable bonds is 5. The van der Waals surface area contributed by atoms with Gasteiger partial charge in [-0.2, -0.15) is 0 Å². The molecule has 92 valence electrons. The summed E-state index contributed by atoms with van der Waals surface area (Å²) in [6.45, 7) is 5.57. The van der Waals surface area contributed by atoms with Crippen LogP contribution in [0.2, 0.25) is 0 Å². The van der Waals surface area contributed by atoms with Crippen LogP contribution in [0.25, 0.3) is 0 Å². The predicted molar refractivity (Wildman–Crippen MR) is 61.4 cm³/mol. The van der Waals surface area contributed by atoms with Gasteiger partial charge >= 0.3 is 0 Å². The van der Waals surface area contributed by atoms with Gasteiger partial charge in [-0.1, -0.05) is 6.92 Å². The summed E-state index contributed by atoms with van der Waals surface area (Å²) >= 11 is 0. The van der Waals surface area contributed by atoms with E-state index in [1.807, 2.05) is 6.92 Å². The largest absolute Gasteiger partial charge is 0.332 e. The van der Waals surface area contributed by atoms with E-state index in [4.69, 9.17) is 5.73 Å². The lowest BCUT2D eigenvalue weighted by Crippen LogP contribution is -2.45. The van der Waals surface area contributed by atoms with E-state index in [2.05, 4.69) is 14.7 Å². The molecule has 16 heavy (non-hydrogen) atoms. The number of imidazole rings is 1. The summed E-state index contributed by atoms with van der Waals surface area (Å²) in [6, 6.07) is 0. The summed E-state index contributed by atoms with van der Waals surface area (Å²) in [6.07, 6.45) is 1.97. The maximum absolute atomic E-state index is 11.8. The van der Waals surface area contributed by atoms with E-state index >= 15 is 0 Å². The molecule has 0 amide bonds. The zero-order valence-corrected chi connectivity index (χ0v) is 10.6. The van der Waals surface area contributed by atoms with E-state index in [1.54, 1.807) is 13.8 Å². The van der Waals surface area contributed by atoms with Crippen molar-refractivity contribution in [2.45, 2.75) is 37.8 Å². The van der Waals surface area contributed by atoms with Gasteiger partial charge in [0.25, 0.3) is 10.0 Å². The fraction of sp³-hybridized carbons (Fsp3) is 0.667. The highest BCUT2D eigenvalue weighted by molar-refractivity contribution is 7.89. The molecule has 0 spiro atoms. The van der Waals surface area contributed by atoms with E-state index in [1.165, 1.54) is 6.20 Å². The van der Waals surface area contributed by atoms with Crippen LogP contribution in [0.5, 0.6) is 0 Å². The number of hydrogen-bond donors (Lipinski definition) is 3. The monoisotopic (exact) mass is 246 g/mol. The number of H-pyrrole nitrogens is 1. The quantitative estimate of drug-likeness (QED) is 0.680. The maximum Gasteiger partial charge on any atom is 0.257 e. The fourth-order valence-electron chi connectivity index (χ4n) is 1.02. The second-order valence-corrected chi connectivity index (χ2v) is 6.10. The predicted octanol–water partition coefficient (Wildman–Crippen LogP) is -0.0123. The van der Waals surface area contributed by atoms with Gasteiger partial charge in [0.1, 0.15) is 5.82 Å². The van der Waals surface area contributed by atoms with E-state index in [-0.39, 0.29) is 11.6 Å². The molecule has 0 aliphatic heterocycles. The Labute approximate surface area is 95.7 Å². The Morgan fingerprint density at radius 2 is 2.19 bits per heavy atom. The first-order valence-electron chi connectivity index (χ1n) is 5.07. The molecule has 0 bridgehead atoms. The normalized spacial score (nSPS) is 13.0. The van der Waals surface area contributed by atoms with Crippen LogP contribution < -0.4 is 10.5 Å². The highest BCUT2D eigenvalue weighted by atomic mass is 32.2. The van der Waals surface area contributed by atoms with Gasteiger partial charge in [0.05, 0.1) is 6.20 Å². The van der Waals surface area contributed by atoms with Gasteiger partial charge in [0.2, 0.25) is 0 Å². The zero-order chi connectivity index (χ0) is 12.4. The van der Waals surface area contributed by atoms with Gasteiger partial charge in [-0.05, 0) is 13.8 Å². The fourth-order valence-corrected chi connectivity index (χ4v) is 2.18. The number of nitrogens with one attached hydrogen (secondary N) is 2. The second kappa shape index (κ2) is 4.52. The molecule has 1 aromatic heterocycles. The van der Waals surface area contributed by atoms with Crippen molar-refractivity contribution in [1.29, 1.82) is 0 Å². The Bertz CT molecular complexity index is 444. The van der Waals surface area contributed by atoms with Crippen molar-refractivity contribution in [2.75, 3.05) is 6.54 Å². The third-order valence-electron chi connectivity index (χ3n) is 1.95. The molecule has 7 heteroatoms. The van der Waals surface area contributed by atoms with E-state index in [9.17, 15) is 8.42 Å². The molecule has 0 radical (unpaired) electrons. The molecule has 6 nitrogen and oxygen atoms in total. The van der Waals surface area contributed by atoms with Crippen molar-refractivity contribution >= 4 is 10.0 Å². The molecule has 0 aliphatic carbocycles. The molecule has 0 saturated carbocycles. The number of aromatic amines is 1. The van der Waals surface area contributed by atoms with Crippen LogP contribution in [0.15, 0.2) is 11.2 Å². The van der Waals surface area contributed by atoms with Crippen molar-refractivity contribution in [2.24, 2.45) is 5.73 Å². The summed E-state index contributed by atoms with van der Waals surface area (Å²) in [4.78, 5) is 6.68. The summed E-state index contributed by atoms with van der Waals surface area (Å²) in [7, 11) is -3.53. The first-order valence-corrected chi connectivity index (χ1v) is 6.55. The van der Waals surface area contributed by atoms with Gasteiger partial charge in [-0.15, -0.1) is 0 Å². The summed E-state index contributed by atoms with van der Waals surface area (Å²) in [5, 5.41) is 0.0774. The minimum atomic E-state index is -3.53. The van der Waals surface area contributed by atoms with E-state index < -0.39 is 15.6 Å². The molecule has 0 unspecified atom stereocenters. The zero-order valence-electron chi connectivity index (χ0n) is 9.74. The number of nitrogens with two attached hydrogens (primary N) is 1.